The van der Waals surface area contributed by atoms with Gasteiger partial charge in [0.2, 0.25) is 0 Å². The molecule has 0 fully saturated rings. The van der Waals surface area contributed by atoms with Gasteiger partial charge in [0.15, 0.2) is 0 Å². The maximum atomic E-state index is 12.1. The molecule has 1 amide bonds. The van der Waals surface area contributed by atoms with Crippen LogP contribution in [0.25, 0.3) is 0 Å². The van der Waals surface area contributed by atoms with E-state index >= 15 is 0 Å². The number of benzene rings is 1. The van der Waals surface area contributed by atoms with E-state index in [0.29, 0.717) is 18.9 Å². The summed E-state index contributed by atoms with van der Waals surface area (Å²) in [6, 6.07) is 7.40. The van der Waals surface area contributed by atoms with Gasteiger partial charge in [-0.1, -0.05) is 12.1 Å². The van der Waals surface area contributed by atoms with Gasteiger partial charge < -0.3 is 14.8 Å². The van der Waals surface area contributed by atoms with Crippen molar-refractivity contribution in [3.8, 4) is 5.75 Å². The standard InChI is InChI=1S/C15H18N2O3S/c1-3-20-12-6-4-11(5-7-12)13(8-19-2)17-15(18)14-9-21-10-16-14/h4-7,9-10,13H,3,8H2,1-2H3,(H,17,18)/t13-/m0/s1. The summed E-state index contributed by atoms with van der Waals surface area (Å²) in [5.74, 6) is 0.607. The Morgan fingerprint density at radius 3 is 2.71 bits per heavy atom. The first kappa shape index (κ1) is 15.5. The zero-order chi connectivity index (χ0) is 15.1. The minimum Gasteiger partial charge on any atom is -0.494 e. The van der Waals surface area contributed by atoms with Crippen LogP contribution in [-0.4, -0.2) is 31.2 Å². The van der Waals surface area contributed by atoms with E-state index < -0.39 is 0 Å². The van der Waals surface area contributed by atoms with Crippen molar-refractivity contribution in [2.24, 2.45) is 0 Å². The molecule has 0 saturated carbocycles. The summed E-state index contributed by atoms with van der Waals surface area (Å²) in [6.07, 6.45) is 0. The zero-order valence-corrected chi connectivity index (χ0v) is 12.9. The fourth-order valence-electron chi connectivity index (χ4n) is 1.91. The summed E-state index contributed by atoms with van der Waals surface area (Å²) in [5, 5.41) is 4.65. The van der Waals surface area contributed by atoms with Gasteiger partial charge in [-0.2, -0.15) is 0 Å². The lowest BCUT2D eigenvalue weighted by atomic mass is 10.1. The van der Waals surface area contributed by atoms with Gasteiger partial charge in [-0.3, -0.25) is 4.79 Å². The van der Waals surface area contributed by atoms with Crippen LogP contribution < -0.4 is 10.1 Å². The normalized spacial score (nSPS) is 11.9. The Morgan fingerprint density at radius 1 is 1.38 bits per heavy atom. The highest BCUT2D eigenvalue weighted by molar-refractivity contribution is 7.07. The Bertz CT molecular complexity index is 555. The van der Waals surface area contributed by atoms with Gasteiger partial charge in [-0.25, -0.2) is 4.98 Å². The van der Waals surface area contributed by atoms with Crippen LogP contribution in [0.5, 0.6) is 5.75 Å². The number of methoxy groups -OCH3 is 1. The fraction of sp³-hybridized carbons (Fsp3) is 0.333. The molecule has 2 rings (SSSR count). The first-order chi connectivity index (χ1) is 10.2. The predicted octanol–water partition coefficient (Wildman–Crippen LogP) is 2.66. The largest absolute Gasteiger partial charge is 0.494 e. The Kier molecular flexibility index (Phi) is 5.71. The maximum Gasteiger partial charge on any atom is 0.271 e. The zero-order valence-electron chi connectivity index (χ0n) is 12.0. The Hall–Kier alpha value is -1.92. The van der Waals surface area contributed by atoms with E-state index in [0.717, 1.165) is 11.3 Å². The number of nitrogens with one attached hydrogen (secondary N) is 1. The molecule has 0 unspecified atom stereocenters. The minimum atomic E-state index is -0.222. The number of hydrogen-bond donors (Lipinski definition) is 1. The molecule has 1 atom stereocenters. The summed E-state index contributed by atoms with van der Waals surface area (Å²) < 4.78 is 10.6. The number of ether oxygens (including phenoxy) is 2. The lowest BCUT2D eigenvalue weighted by molar-refractivity contribution is 0.0892. The van der Waals surface area contributed by atoms with Crippen LogP contribution >= 0.6 is 11.3 Å². The molecule has 21 heavy (non-hydrogen) atoms. The highest BCUT2D eigenvalue weighted by Gasteiger charge is 2.17. The first-order valence-electron chi connectivity index (χ1n) is 6.65. The Balaban J connectivity index is 2.09. The van der Waals surface area contributed by atoms with Crippen molar-refractivity contribution in [1.29, 1.82) is 0 Å². The summed E-state index contributed by atoms with van der Waals surface area (Å²) in [6.45, 7) is 2.96. The minimum absolute atomic E-state index is 0.202. The van der Waals surface area contributed by atoms with E-state index in [9.17, 15) is 4.79 Å². The average molecular weight is 306 g/mol. The maximum absolute atomic E-state index is 12.1. The average Bonchev–Trinajstić information content (AvgIpc) is 3.02. The third-order valence-corrected chi connectivity index (χ3v) is 3.48. The quantitative estimate of drug-likeness (QED) is 0.854. The number of hydrogen-bond acceptors (Lipinski definition) is 5. The van der Waals surface area contributed by atoms with Crippen LogP contribution in [0.2, 0.25) is 0 Å². The number of rotatable bonds is 7. The molecule has 0 bridgehead atoms. The second kappa shape index (κ2) is 7.75. The Morgan fingerprint density at radius 2 is 2.14 bits per heavy atom. The van der Waals surface area contributed by atoms with Crippen molar-refractivity contribution in [1.82, 2.24) is 10.3 Å². The molecule has 0 aliphatic rings. The van der Waals surface area contributed by atoms with Gasteiger partial charge >= 0.3 is 0 Å². The van der Waals surface area contributed by atoms with Gasteiger partial charge in [0.1, 0.15) is 11.4 Å². The smallest absolute Gasteiger partial charge is 0.271 e. The van der Waals surface area contributed by atoms with Crippen LogP contribution in [0, 0.1) is 0 Å². The van der Waals surface area contributed by atoms with Gasteiger partial charge in [-0.15, -0.1) is 11.3 Å². The molecule has 2 aromatic rings. The number of carbonyl (C=O) groups is 1. The van der Waals surface area contributed by atoms with E-state index in [1.54, 1.807) is 18.0 Å². The predicted molar refractivity (Wildman–Crippen MR) is 81.8 cm³/mol. The summed E-state index contributed by atoms with van der Waals surface area (Å²) >= 11 is 1.39. The van der Waals surface area contributed by atoms with Crippen molar-refractivity contribution in [3.05, 3.63) is 46.4 Å². The van der Waals surface area contributed by atoms with E-state index in [4.69, 9.17) is 9.47 Å². The third kappa shape index (κ3) is 4.27. The van der Waals surface area contributed by atoms with Crippen molar-refractivity contribution >= 4 is 17.2 Å². The van der Waals surface area contributed by atoms with Gasteiger partial charge in [0.25, 0.3) is 5.91 Å². The second-order valence-electron chi connectivity index (χ2n) is 4.36. The third-order valence-electron chi connectivity index (χ3n) is 2.90. The summed E-state index contributed by atoms with van der Waals surface area (Å²) in [4.78, 5) is 16.1. The number of carbonyl (C=O) groups excluding carboxylic acids is 1. The molecule has 0 radical (unpaired) electrons. The molecular formula is C15H18N2O3S. The monoisotopic (exact) mass is 306 g/mol. The molecule has 112 valence electrons. The van der Waals surface area contributed by atoms with Gasteiger partial charge in [0.05, 0.1) is 24.8 Å². The van der Waals surface area contributed by atoms with Gasteiger partial charge in [-0.05, 0) is 24.6 Å². The van der Waals surface area contributed by atoms with Crippen LogP contribution in [0.15, 0.2) is 35.2 Å². The molecule has 0 aliphatic heterocycles. The molecule has 6 heteroatoms. The number of aromatic nitrogens is 1. The number of thiazole rings is 1. The molecule has 1 heterocycles. The molecule has 0 saturated heterocycles. The molecule has 0 aliphatic carbocycles. The van der Waals surface area contributed by atoms with Crippen LogP contribution in [0.1, 0.15) is 29.0 Å². The lowest BCUT2D eigenvalue weighted by Gasteiger charge is -2.18. The number of nitrogens with zero attached hydrogens (tertiary/aromatic N) is 1. The topological polar surface area (TPSA) is 60.5 Å². The first-order valence-corrected chi connectivity index (χ1v) is 7.59. The summed E-state index contributed by atoms with van der Waals surface area (Å²) in [5.41, 5.74) is 3.02. The van der Waals surface area contributed by atoms with E-state index in [-0.39, 0.29) is 11.9 Å². The highest BCUT2D eigenvalue weighted by atomic mass is 32.1. The van der Waals surface area contributed by atoms with E-state index in [1.165, 1.54) is 11.3 Å². The van der Waals surface area contributed by atoms with E-state index in [2.05, 4.69) is 10.3 Å². The molecule has 5 nitrogen and oxygen atoms in total. The molecule has 0 spiro atoms. The molecule has 1 N–H and O–H groups in total. The van der Waals surface area contributed by atoms with Crippen molar-refractivity contribution < 1.29 is 14.3 Å². The lowest BCUT2D eigenvalue weighted by Crippen LogP contribution is -2.31. The molecular weight excluding hydrogens is 288 g/mol. The summed E-state index contributed by atoms with van der Waals surface area (Å²) in [7, 11) is 1.61. The van der Waals surface area contributed by atoms with Crippen molar-refractivity contribution in [2.75, 3.05) is 20.3 Å². The Labute approximate surface area is 127 Å². The number of amides is 1. The fourth-order valence-corrected chi connectivity index (χ4v) is 2.44. The van der Waals surface area contributed by atoms with Crippen molar-refractivity contribution in [3.63, 3.8) is 0 Å². The molecule has 1 aromatic heterocycles. The van der Waals surface area contributed by atoms with Crippen LogP contribution in [0.3, 0.4) is 0 Å². The SMILES string of the molecule is CCOc1ccc([C@H](COC)NC(=O)c2cscn2)cc1. The van der Waals surface area contributed by atoms with Crippen molar-refractivity contribution in [2.45, 2.75) is 13.0 Å². The van der Waals surface area contributed by atoms with Crippen LogP contribution in [-0.2, 0) is 4.74 Å². The van der Waals surface area contributed by atoms with Crippen LogP contribution in [0.4, 0.5) is 0 Å². The van der Waals surface area contributed by atoms with Gasteiger partial charge in [0, 0.05) is 12.5 Å². The highest BCUT2D eigenvalue weighted by Crippen LogP contribution is 2.19. The van der Waals surface area contributed by atoms with E-state index in [1.807, 2.05) is 31.2 Å². The second-order valence-corrected chi connectivity index (χ2v) is 5.08. The molecule has 1 aromatic carbocycles.